The Morgan fingerprint density at radius 2 is 1.90 bits per heavy atom. The highest BCUT2D eigenvalue weighted by Crippen LogP contribution is 2.30. The van der Waals surface area contributed by atoms with E-state index in [1.54, 1.807) is 0 Å². The summed E-state index contributed by atoms with van der Waals surface area (Å²) in [6.07, 6.45) is -4.92. The van der Waals surface area contributed by atoms with Crippen LogP contribution < -0.4 is 5.73 Å². The number of carbonyl (C=O) groups excluding carboxylic acids is 1. The van der Waals surface area contributed by atoms with E-state index in [0.29, 0.717) is 6.92 Å². The summed E-state index contributed by atoms with van der Waals surface area (Å²) in [6, 6.07) is 5.49. The van der Waals surface area contributed by atoms with Gasteiger partial charge in [0.1, 0.15) is 0 Å². The lowest BCUT2D eigenvalue weighted by Crippen LogP contribution is -2.61. The van der Waals surface area contributed by atoms with Gasteiger partial charge in [-0.15, -0.1) is 0 Å². The SMILES string of the molecule is CN(Cc1ccccc1[N+](=O)[O-])C(=O)C(C)(N)C(F)(F)F. The number of nitrogens with zero attached hydrogens (tertiary/aromatic N) is 2. The predicted octanol–water partition coefficient (Wildman–Crippen LogP) is 1.83. The van der Waals surface area contributed by atoms with E-state index in [-0.39, 0.29) is 17.8 Å². The van der Waals surface area contributed by atoms with Crippen LogP contribution in [0.25, 0.3) is 0 Å². The highest BCUT2D eigenvalue weighted by molar-refractivity contribution is 5.86. The molecular weight excluding hydrogens is 291 g/mol. The second-order valence-electron chi connectivity index (χ2n) is 4.75. The number of para-hydroxylation sites is 1. The summed E-state index contributed by atoms with van der Waals surface area (Å²) < 4.78 is 38.1. The van der Waals surface area contributed by atoms with Crippen LogP contribution in [0.4, 0.5) is 18.9 Å². The standard InChI is InChI=1S/C12H14F3N3O3/c1-11(16,12(13,14)15)10(19)17(2)7-8-5-3-4-6-9(8)18(20)21/h3-6H,7,16H2,1-2H3. The van der Waals surface area contributed by atoms with Gasteiger partial charge in [0.15, 0.2) is 5.54 Å². The van der Waals surface area contributed by atoms with E-state index < -0.39 is 22.5 Å². The minimum Gasteiger partial charge on any atom is -0.339 e. The first-order valence-corrected chi connectivity index (χ1v) is 5.82. The first-order valence-electron chi connectivity index (χ1n) is 5.82. The number of hydrogen-bond donors (Lipinski definition) is 1. The number of carbonyl (C=O) groups is 1. The zero-order valence-corrected chi connectivity index (χ0v) is 11.3. The van der Waals surface area contributed by atoms with E-state index in [1.807, 2.05) is 0 Å². The molecule has 0 bridgehead atoms. The minimum atomic E-state index is -4.92. The van der Waals surface area contributed by atoms with Crippen LogP contribution in [0.5, 0.6) is 0 Å². The number of hydrogen-bond acceptors (Lipinski definition) is 4. The van der Waals surface area contributed by atoms with Crippen molar-refractivity contribution in [3.63, 3.8) is 0 Å². The third-order valence-electron chi connectivity index (χ3n) is 2.98. The number of alkyl halides is 3. The molecule has 116 valence electrons. The summed E-state index contributed by atoms with van der Waals surface area (Å²) in [4.78, 5) is 22.7. The minimum absolute atomic E-state index is 0.122. The molecule has 1 rings (SSSR count). The Balaban J connectivity index is 3.00. The van der Waals surface area contributed by atoms with Gasteiger partial charge in [0.25, 0.3) is 11.6 Å². The van der Waals surface area contributed by atoms with E-state index in [1.165, 1.54) is 24.3 Å². The Morgan fingerprint density at radius 3 is 2.38 bits per heavy atom. The molecule has 0 aromatic heterocycles. The molecule has 1 aromatic carbocycles. The third-order valence-corrected chi connectivity index (χ3v) is 2.98. The summed E-state index contributed by atoms with van der Waals surface area (Å²) >= 11 is 0. The lowest BCUT2D eigenvalue weighted by atomic mass is 10.0. The summed E-state index contributed by atoms with van der Waals surface area (Å²) in [6.45, 7) is 0.212. The molecule has 9 heteroatoms. The number of rotatable bonds is 4. The van der Waals surface area contributed by atoms with Crippen LogP contribution in [0.2, 0.25) is 0 Å². The molecule has 6 nitrogen and oxygen atoms in total. The van der Waals surface area contributed by atoms with Gasteiger partial charge in [-0.05, 0) is 6.92 Å². The second kappa shape index (κ2) is 5.68. The van der Waals surface area contributed by atoms with Crippen molar-refractivity contribution in [2.24, 2.45) is 5.73 Å². The summed E-state index contributed by atoms with van der Waals surface area (Å²) in [5.41, 5.74) is 1.84. The molecule has 1 atom stereocenters. The topological polar surface area (TPSA) is 89.5 Å². The number of amides is 1. The van der Waals surface area contributed by atoms with Crippen molar-refractivity contribution in [1.82, 2.24) is 4.90 Å². The summed E-state index contributed by atoms with van der Waals surface area (Å²) in [5, 5.41) is 10.8. The number of benzene rings is 1. The highest BCUT2D eigenvalue weighted by Gasteiger charge is 2.55. The average molecular weight is 305 g/mol. The molecule has 0 fully saturated rings. The van der Waals surface area contributed by atoms with Crippen molar-refractivity contribution in [2.45, 2.75) is 25.2 Å². The number of nitro groups is 1. The predicted molar refractivity (Wildman–Crippen MR) is 68.2 cm³/mol. The van der Waals surface area contributed by atoms with Crippen LogP contribution in [-0.2, 0) is 11.3 Å². The van der Waals surface area contributed by atoms with E-state index in [4.69, 9.17) is 5.73 Å². The number of nitrogens with two attached hydrogens (primary N) is 1. The Morgan fingerprint density at radius 1 is 1.38 bits per heavy atom. The molecule has 0 radical (unpaired) electrons. The smallest absolute Gasteiger partial charge is 0.339 e. The molecule has 0 spiro atoms. The van der Waals surface area contributed by atoms with Crippen LogP contribution in [0.3, 0.4) is 0 Å². The fourth-order valence-corrected chi connectivity index (χ4v) is 1.67. The van der Waals surface area contributed by atoms with Crippen LogP contribution in [0.15, 0.2) is 24.3 Å². The molecule has 0 saturated carbocycles. The number of likely N-dealkylation sites (N-methyl/N-ethyl adjacent to an activating group) is 1. The fraction of sp³-hybridized carbons (Fsp3) is 0.417. The Hall–Kier alpha value is -2.16. The molecule has 0 aliphatic rings. The van der Waals surface area contributed by atoms with Crippen molar-refractivity contribution in [2.75, 3.05) is 7.05 Å². The molecule has 0 aliphatic carbocycles. The van der Waals surface area contributed by atoms with E-state index in [9.17, 15) is 28.1 Å². The Bertz CT molecular complexity index is 558. The normalized spacial score (nSPS) is 14.4. The van der Waals surface area contributed by atoms with Gasteiger partial charge < -0.3 is 10.6 Å². The van der Waals surface area contributed by atoms with Gasteiger partial charge in [0.05, 0.1) is 11.5 Å². The van der Waals surface area contributed by atoms with Crippen LogP contribution in [0.1, 0.15) is 12.5 Å². The monoisotopic (exact) mass is 305 g/mol. The van der Waals surface area contributed by atoms with Crippen molar-refractivity contribution >= 4 is 11.6 Å². The van der Waals surface area contributed by atoms with Crippen molar-refractivity contribution in [3.05, 3.63) is 39.9 Å². The molecule has 1 amide bonds. The molecule has 1 aromatic rings. The largest absolute Gasteiger partial charge is 0.415 e. The maximum atomic E-state index is 12.7. The fourth-order valence-electron chi connectivity index (χ4n) is 1.67. The van der Waals surface area contributed by atoms with Gasteiger partial charge in [-0.3, -0.25) is 14.9 Å². The maximum Gasteiger partial charge on any atom is 0.415 e. The van der Waals surface area contributed by atoms with Crippen LogP contribution in [0, 0.1) is 10.1 Å². The van der Waals surface area contributed by atoms with Crippen LogP contribution >= 0.6 is 0 Å². The average Bonchev–Trinajstić information content (AvgIpc) is 2.36. The van der Waals surface area contributed by atoms with Crippen molar-refractivity contribution < 1.29 is 22.9 Å². The van der Waals surface area contributed by atoms with Gasteiger partial charge in [0, 0.05) is 18.7 Å². The van der Waals surface area contributed by atoms with Crippen molar-refractivity contribution in [1.29, 1.82) is 0 Å². The molecule has 0 saturated heterocycles. The number of halogens is 3. The van der Waals surface area contributed by atoms with Gasteiger partial charge in [0.2, 0.25) is 0 Å². The number of nitro benzene ring substituents is 1. The van der Waals surface area contributed by atoms with E-state index in [0.717, 1.165) is 11.9 Å². The molecule has 21 heavy (non-hydrogen) atoms. The van der Waals surface area contributed by atoms with Gasteiger partial charge in [-0.25, -0.2) is 0 Å². The first kappa shape index (κ1) is 16.9. The molecule has 2 N–H and O–H groups in total. The molecule has 0 aliphatic heterocycles. The third kappa shape index (κ3) is 3.48. The maximum absolute atomic E-state index is 12.7. The Labute approximate surface area is 118 Å². The van der Waals surface area contributed by atoms with E-state index in [2.05, 4.69) is 0 Å². The molecular formula is C12H14F3N3O3. The van der Waals surface area contributed by atoms with Crippen LogP contribution in [-0.4, -0.2) is 34.5 Å². The first-order chi connectivity index (χ1) is 9.48. The van der Waals surface area contributed by atoms with Gasteiger partial charge in [-0.1, -0.05) is 18.2 Å². The lowest BCUT2D eigenvalue weighted by molar-refractivity contribution is -0.385. The summed E-state index contributed by atoms with van der Waals surface area (Å²) in [5.74, 6) is -1.37. The zero-order chi connectivity index (χ0) is 16.4. The van der Waals surface area contributed by atoms with E-state index >= 15 is 0 Å². The van der Waals surface area contributed by atoms with Gasteiger partial charge in [-0.2, -0.15) is 13.2 Å². The highest BCUT2D eigenvalue weighted by atomic mass is 19.4. The van der Waals surface area contributed by atoms with Crippen molar-refractivity contribution in [3.8, 4) is 0 Å². The summed E-state index contributed by atoms with van der Waals surface area (Å²) in [7, 11) is 1.11. The van der Waals surface area contributed by atoms with Gasteiger partial charge >= 0.3 is 6.18 Å². The quantitative estimate of drug-likeness (QED) is 0.679. The zero-order valence-electron chi connectivity index (χ0n) is 11.3. The Kier molecular flexibility index (Phi) is 4.57. The molecule has 1 unspecified atom stereocenters. The molecule has 0 heterocycles. The lowest BCUT2D eigenvalue weighted by Gasteiger charge is -2.30. The second-order valence-corrected chi connectivity index (χ2v) is 4.75.